The van der Waals surface area contributed by atoms with Gasteiger partial charge >= 0.3 is 0 Å². The molecular weight excluding hydrogens is 338 g/mol. The number of rotatable bonds is 3. The molecule has 1 aliphatic heterocycles. The molecule has 1 amide bonds. The maximum atomic E-state index is 11.7. The summed E-state index contributed by atoms with van der Waals surface area (Å²) in [5.41, 5.74) is 0.694. The van der Waals surface area contributed by atoms with E-state index in [1.807, 2.05) is 18.2 Å². The highest BCUT2D eigenvalue weighted by Crippen LogP contribution is 2.24. The summed E-state index contributed by atoms with van der Waals surface area (Å²) in [6, 6.07) is 5.59. The van der Waals surface area contributed by atoms with Gasteiger partial charge in [0.1, 0.15) is 0 Å². The SMILES string of the molecule is O=C(CC1CNC1)Nc1ccc(I)cc1Cl. The molecule has 0 radical (unpaired) electrons. The number of carbonyl (C=O) groups is 1. The average molecular weight is 351 g/mol. The number of anilines is 1. The Hall–Kier alpha value is -0.330. The normalized spacial score (nSPS) is 15.6. The van der Waals surface area contributed by atoms with Crippen LogP contribution in [0, 0.1) is 9.49 Å². The molecule has 16 heavy (non-hydrogen) atoms. The summed E-state index contributed by atoms with van der Waals surface area (Å²) in [7, 11) is 0. The summed E-state index contributed by atoms with van der Waals surface area (Å²) in [4.78, 5) is 11.7. The van der Waals surface area contributed by atoms with Crippen LogP contribution >= 0.6 is 34.2 Å². The smallest absolute Gasteiger partial charge is 0.224 e. The van der Waals surface area contributed by atoms with Crippen molar-refractivity contribution in [1.29, 1.82) is 0 Å². The molecule has 86 valence electrons. The molecule has 0 saturated carbocycles. The number of amides is 1. The van der Waals surface area contributed by atoms with Crippen molar-refractivity contribution in [3.05, 3.63) is 26.8 Å². The Morgan fingerprint density at radius 2 is 2.31 bits per heavy atom. The molecule has 1 aromatic rings. The lowest BCUT2D eigenvalue weighted by Gasteiger charge is -2.26. The van der Waals surface area contributed by atoms with Gasteiger partial charge in [-0.05, 0) is 59.8 Å². The Morgan fingerprint density at radius 3 is 2.88 bits per heavy atom. The lowest BCUT2D eigenvalue weighted by molar-refractivity contribution is -0.117. The molecule has 1 aromatic carbocycles. The number of hydrogen-bond donors (Lipinski definition) is 2. The van der Waals surface area contributed by atoms with E-state index in [1.165, 1.54) is 0 Å². The van der Waals surface area contributed by atoms with Crippen LogP contribution in [0.4, 0.5) is 5.69 Å². The first-order valence-electron chi connectivity index (χ1n) is 5.11. The molecule has 1 fully saturated rings. The first-order valence-corrected chi connectivity index (χ1v) is 6.56. The summed E-state index contributed by atoms with van der Waals surface area (Å²) in [5, 5.41) is 6.57. The van der Waals surface area contributed by atoms with Gasteiger partial charge in [-0.25, -0.2) is 0 Å². The number of nitrogens with one attached hydrogen (secondary N) is 2. The van der Waals surface area contributed by atoms with E-state index in [1.54, 1.807) is 0 Å². The van der Waals surface area contributed by atoms with E-state index < -0.39 is 0 Å². The van der Waals surface area contributed by atoms with Gasteiger partial charge in [0.15, 0.2) is 0 Å². The minimum absolute atomic E-state index is 0.0367. The second-order valence-corrected chi connectivity index (χ2v) is 5.55. The van der Waals surface area contributed by atoms with Crippen molar-refractivity contribution in [2.45, 2.75) is 6.42 Å². The number of hydrogen-bond acceptors (Lipinski definition) is 2. The molecule has 1 aliphatic rings. The van der Waals surface area contributed by atoms with Crippen molar-refractivity contribution in [1.82, 2.24) is 5.32 Å². The molecule has 3 nitrogen and oxygen atoms in total. The molecule has 1 heterocycles. The second kappa shape index (κ2) is 5.33. The van der Waals surface area contributed by atoms with Crippen LogP contribution in [-0.4, -0.2) is 19.0 Å². The molecule has 1 saturated heterocycles. The van der Waals surface area contributed by atoms with Crippen LogP contribution in [0.25, 0.3) is 0 Å². The Morgan fingerprint density at radius 1 is 1.56 bits per heavy atom. The quantitative estimate of drug-likeness (QED) is 0.823. The van der Waals surface area contributed by atoms with Crippen LogP contribution in [0.1, 0.15) is 6.42 Å². The van der Waals surface area contributed by atoms with Crippen molar-refractivity contribution in [2.24, 2.45) is 5.92 Å². The van der Waals surface area contributed by atoms with E-state index in [0.29, 0.717) is 23.0 Å². The van der Waals surface area contributed by atoms with Gasteiger partial charge in [0.05, 0.1) is 10.7 Å². The zero-order valence-corrected chi connectivity index (χ0v) is 11.5. The van der Waals surface area contributed by atoms with Crippen molar-refractivity contribution < 1.29 is 4.79 Å². The zero-order chi connectivity index (χ0) is 11.5. The van der Waals surface area contributed by atoms with Crippen molar-refractivity contribution in [3.63, 3.8) is 0 Å². The summed E-state index contributed by atoms with van der Waals surface area (Å²) in [5.74, 6) is 0.511. The van der Waals surface area contributed by atoms with Gasteiger partial charge in [-0.3, -0.25) is 4.79 Å². The maximum absolute atomic E-state index is 11.7. The van der Waals surface area contributed by atoms with Crippen molar-refractivity contribution >= 4 is 45.8 Å². The van der Waals surface area contributed by atoms with E-state index in [2.05, 4.69) is 33.2 Å². The summed E-state index contributed by atoms with van der Waals surface area (Å²) >= 11 is 8.21. The van der Waals surface area contributed by atoms with Gasteiger partial charge in [0, 0.05) is 9.99 Å². The fraction of sp³-hybridized carbons (Fsp3) is 0.364. The standard InChI is InChI=1S/C11H12ClIN2O/c12-9-4-8(13)1-2-10(9)15-11(16)3-7-5-14-6-7/h1-2,4,7,14H,3,5-6H2,(H,15,16). The molecule has 2 N–H and O–H groups in total. The minimum Gasteiger partial charge on any atom is -0.325 e. The lowest BCUT2D eigenvalue weighted by atomic mass is 9.99. The first-order chi connectivity index (χ1) is 7.65. The first kappa shape index (κ1) is 12.1. The van der Waals surface area contributed by atoms with Crippen molar-refractivity contribution in [3.8, 4) is 0 Å². The highest BCUT2D eigenvalue weighted by Gasteiger charge is 2.20. The molecule has 0 aromatic heterocycles. The summed E-state index contributed by atoms with van der Waals surface area (Å²) in [6.45, 7) is 1.88. The maximum Gasteiger partial charge on any atom is 0.224 e. The van der Waals surface area contributed by atoms with Crippen molar-refractivity contribution in [2.75, 3.05) is 18.4 Å². The molecule has 2 rings (SSSR count). The van der Waals surface area contributed by atoms with Crippen LogP contribution in [0.2, 0.25) is 5.02 Å². The molecule has 5 heteroatoms. The molecule has 0 atom stereocenters. The lowest BCUT2D eigenvalue weighted by Crippen LogP contribution is -2.43. The Balaban J connectivity index is 1.94. The Bertz CT molecular complexity index is 407. The van der Waals surface area contributed by atoms with Gasteiger partial charge in [-0.1, -0.05) is 11.6 Å². The predicted molar refractivity (Wildman–Crippen MR) is 73.8 cm³/mol. The van der Waals surface area contributed by atoms with Gasteiger partial charge in [-0.15, -0.1) is 0 Å². The fourth-order valence-corrected chi connectivity index (χ4v) is 2.45. The third-order valence-electron chi connectivity index (χ3n) is 2.55. The van der Waals surface area contributed by atoms with Gasteiger partial charge < -0.3 is 10.6 Å². The largest absolute Gasteiger partial charge is 0.325 e. The summed E-state index contributed by atoms with van der Waals surface area (Å²) in [6.07, 6.45) is 0.565. The highest BCUT2D eigenvalue weighted by molar-refractivity contribution is 14.1. The van der Waals surface area contributed by atoms with E-state index in [-0.39, 0.29) is 5.91 Å². The summed E-state index contributed by atoms with van der Waals surface area (Å²) < 4.78 is 1.06. The Kier molecular flexibility index (Phi) is 4.05. The number of benzene rings is 1. The van der Waals surface area contributed by atoms with Crippen LogP contribution in [0.5, 0.6) is 0 Å². The third-order valence-corrected chi connectivity index (χ3v) is 3.53. The minimum atomic E-state index is 0.0367. The monoisotopic (exact) mass is 350 g/mol. The Labute approximate surface area is 113 Å². The topological polar surface area (TPSA) is 41.1 Å². The molecule has 0 unspecified atom stereocenters. The third kappa shape index (κ3) is 3.09. The molecular formula is C11H12ClIN2O. The zero-order valence-electron chi connectivity index (χ0n) is 8.59. The molecule has 0 spiro atoms. The second-order valence-electron chi connectivity index (χ2n) is 3.90. The van der Waals surface area contributed by atoms with E-state index in [0.717, 1.165) is 16.7 Å². The van der Waals surface area contributed by atoms with E-state index in [9.17, 15) is 4.79 Å². The van der Waals surface area contributed by atoms with E-state index in [4.69, 9.17) is 11.6 Å². The van der Waals surface area contributed by atoms with Crippen LogP contribution in [0.3, 0.4) is 0 Å². The fourth-order valence-electron chi connectivity index (χ4n) is 1.55. The van der Waals surface area contributed by atoms with Crippen LogP contribution in [-0.2, 0) is 4.79 Å². The molecule has 0 aliphatic carbocycles. The van der Waals surface area contributed by atoms with Crippen LogP contribution in [0.15, 0.2) is 18.2 Å². The molecule has 0 bridgehead atoms. The van der Waals surface area contributed by atoms with Gasteiger partial charge in [-0.2, -0.15) is 0 Å². The van der Waals surface area contributed by atoms with Gasteiger partial charge in [0.2, 0.25) is 5.91 Å². The predicted octanol–water partition coefficient (Wildman–Crippen LogP) is 2.49. The van der Waals surface area contributed by atoms with Gasteiger partial charge in [0.25, 0.3) is 0 Å². The van der Waals surface area contributed by atoms with E-state index >= 15 is 0 Å². The average Bonchev–Trinajstić information content (AvgIpc) is 2.16. The highest BCUT2D eigenvalue weighted by atomic mass is 127. The number of halogens is 2. The number of carbonyl (C=O) groups excluding carboxylic acids is 1. The van der Waals surface area contributed by atoms with Crippen LogP contribution < -0.4 is 10.6 Å².